The summed E-state index contributed by atoms with van der Waals surface area (Å²) in [6.45, 7) is 6.65. The van der Waals surface area contributed by atoms with Crippen molar-refractivity contribution in [2.45, 2.75) is 38.6 Å². The fraction of sp³-hybridized carbons (Fsp3) is 0.500. The molecule has 1 aromatic carbocycles. The standard InChI is InChI=1S/C16H22N2O3/c1-16(2,3)17-14(19)10-18-9-8-12(15(20)21)11-6-4-5-7-13(11)18/h4-7,12H,8-10H2,1-3H3,(H,17,19)(H,20,21). The first-order chi connectivity index (χ1) is 9.78. The molecule has 1 amide bonds. The maximum atomic E-state index is 12.1. The van der Waals surface area contributed by atoms with Crippen LogP contribution in [0, 0.1) is 0 Å². The first kappa shape index (κ1) is 15.4. The van der Waals surface area contributed by atoms with Crippen LogP contribution in [0.15, 0.2) is 24.3 Å². The van der Waals surface area contributed by atoms with Crippen molar-refractivity contribution in [3.05, 3.63) is 29.8 Å². The summed E-state index contributed by atoms with van der Waals surface area (Å²) in [5.74, 6) is -1.34. The number of benzene rings is 1. The fourth-order valence-corrected chi connectivity index (χ4v) is 2.68. The minimum Gasteiger partial charge on any atom is -0.481 e. The van der Waals surface area contributed by atoms with E-state index in [0.29, 0.717) is 13.0 Å². The first-order valence-electron chi connectivity index (χ1n) is 7.15. The Labute approximate surface area is 125 Å². The lowest BCUT2D eigenvalue weighted by atomic mass is 9.90. The van der Waals surface area contributed by atoms with Crippen molar-refractivity contribution in [3.8, 4) is 0 Å². The summed E-state index contributed by atoms with van der Waals surface area (Å²) in [6, 6.07) is 7.43. The van der Waals surface area contributed by atoms with Gasteiger partial charge in [-0.15, -0.1) is 0 Å². The van der Waals surface area contributed by atoms with Crippen molar-refractivity contribution in [1.82, 2.24) is 5.32 Å². The third kappa shape index (κ3) is 3.74. The number of carbonyl (C=O) groups excluding carboxylic acids is 1. The highest BCUT2D eigenvalue weighted by Crippen LogP contribution is 2.35. The number of fused-ring (bicyclic) bond motifs is 1. The number of aliphatic carboxylic acids is 1. The van der Waals surface area contributed by atoms with Gasteiger partial charge in [0.2, 0.25) is 5.91 Å². The van der Waals surface area contributed by atoms with Gasteiger partial charge in [0.25, 0.3) is 0 Å². The van der Waals surface area contributed by atoms with Crippen molar-refractivity contribution in [1.29, 1.82) is 0 Å². The number of rotatable bonds is 3. The Hall–Kier alpha value is -2.04. The normalized spacial score (nSPS) is 18.0. The molecular weight excluding hydrogens is 268 g/mol. The number of amides is 1. The van der Waals surface area contributed by atoms with Crippen LogP contribution in [0.5, 0.6) is 0 Å². The van der Waals surface area contributed by atoms with Gasteiger partial charge in [0.15, 0.2) is 0 Å². The van der Waals surface area contributed by atoms with E-state index in [4.69, 9.17) is 0 Å². The smallest absolute Gasteiger partial charge is 0.311 e. The molecule has 0 bridgehead atoms. The zero-order valence-electron chi connectivity index (χ0n) is 12.7. The zero-order valence-corrected chi connectivity index (χ0v) is 12.7. The van der Waals surface area contributed by atoms with Gasteiger partial charge in [-0.1, -0.05) is 18.2 Å². The van der Waals surface area contributed by atoms with Crippen LogP contribution in [0.2, 0.25) is 0 Å². The Bertz CT molecular complexity index is 549. The highest BCUT2D eigenvalue weighted by atomic mass is 16.4. The summed E-state index contributed by atoms with van der Waals surface area (Å²) in [6.07, 6.45) is 0.523. The van der Waals surface area contributed by atoms with E-state index in [1.807, 2.05) is 49.9 Å². The molecule has 0 aromatic heterocycles. The molecule has 21 heavy (non-hydrogen) atoms. The molecule has 1 aromatic rings. The Morgan fingerprint density at radius 1 is 1.33 bits per heavy atom. The minimum absolute atomic E-state index is 0.0499. The maximum absolute atomic E-state index is 12.1. The Kier molecular flexibility index (Phi) is 4.21. The zero-order chi connectivity index (χ0) is 15.6. The topological polar surface area (TPSA) is 69.6 Å². The monoisotopic (exact) mass is 290 g/mol. The number of carbonyl (C=O) groups is 2. The molecule has 0 saturated carbocycles. The van der Waals surface area contributed by atoms with Gasteiger partial charge < -0.3 is 15.3 Å². The molecule has 2 N–H and O–H groups in total. The van der Waals surface area contributed by atoms with Crippen LogP contribution < -0.4 is 10.2 Å². The van der Waals surface area contributed by atoms with Crippen molar-refractivity contribution in [2.75, 3.05) is 18.0 Å². The van der Waals surface area contributed by atoms with E-state index in [1.165, 1.54) is 0 Å². The van der Waals surface area contributed by atoms with E-state index in [0.717, 1.165) is 11.3 Å². The van der Waals surface area contributed by atoms with Gasteiger partial charge in [-0.2, -0.15) is 0 Å². The second-order valence-electron chi connectivity index (χ2n) is 6.46. The minimum atomic E-state index is -0.804. The van der Waals surface area contributed by atoms with E-state index in [9.17, 15) is 14.7 Å². The van der Waals surface area contributed by atoms with Crippen molar-refractivity contribution >= 4 is 17.6 Å². The summed E-state index contributed by atoms with van der Waals surface area (Å²) in [5, 5.41) is 12.2. The van der Waals surface area contributed by atoms with E-state index in [2.05, 4.69) is 5.32 Å². The molecule has 1 aliphatic heterocycles. The Morgan fingerprint density at radius 2 is 2.00 bits per heavy atom. The lowest BCUT2D eigenvalue weighted by Crippen LogP contribution is -2.47. The van der Waals surface area contributed by atoms with E-state index in [1.54, 1.807) is 0 Å². The lowest BCUT2D eigenvalue weighted by Gasteiger charge is -2.34. The molecule has 0 radical (unpaired) electrons. The molecular formula is C16H22N2O3. The molecule has 114 valence electrons. The van der Waals surface area contributed by atoms with E-state index in [-0.39, 0.29) is 18.0 Å². The molecule has 0 fully saturated rings. The number of nitrogens with one attached hydrogen (secondary N) is 1. The third-order valence-corrected chi connectivity index (χ3v) is 3.49. The van der Waals surface area contributed by atoms with Crippen molar-refractivity contribution in [3.63, 3.8) is 0 Å². The molecule has 5 nitrogen and oxygen atoms in total. The van der Waals surface area contributed by atoms with Gasteiger partial charge >= 0.3 is 5.97 Å². The number of carboxylic acid groups (broad SMARTS) is 1. The predicted octanol–water partition coefficient (Wildman–Crippen LogP) is 1.98. The van der Waals surface area contributed by atoms with Crippen LogP contribution in [0.1, 0.15) is 38.7 Å². The maximum Gasteiger partial charge on any atom is 0.311 e. The van der Waals surface area contributed by atoms with Crippen molar-refractivity contribution in [2.24, 2.45) is 0 Å². The van der Waals surface area contributed by atoms with Crippen molar-refractivity contribution < 1.29 is 14.7 Å². The molecule has 1 heterocycles. The molecule has 5 heteroatoms. The third-order valence-electron chi connectivity index (χ3n) is 3.49. The molecule has 0 aliphatic carbocycles. The molecule has 1 unspecified atom stereocenters. The fourth-order valence-electron chi connectivity index (χ4n) is 2.68. The van der Waals surface area contributed by atoms with Crippen LogP contribution in [-0.4, -0.2) is 35.6 Å². The summed E-state index contributed by atoms with van der Waals surface area (Å²) >= 11 is 0. The summed E-state index contributed by atoms with van der Waals surface area (Å²) < 4.78 is 0. The summed E-state index contributed by atoms with van der Waals surface area (Å²) in [7, 11) is 0. The highest BCUT2D eigenvalue weighted by Gasteiger charge is 2.30. The second kappa shape index (κ2) is 5.76. The quantitative estimate of drug-likeness (QED) is 0.893. The Balaban J connectivity index is 2.18. The van der Waals surface area contributed by atoms with E-state index < -0.39 is 11.9 Å². The molecule has 1 atom stereocenters. The average molecular weight is 290 g/mol. The van der Waals surface area contributed by atoms with Crippen LogP contribution in [0.3, 0.4) is 0 Å². The SMILES string of the molecule is CC(C)(C)NC(=O)CN1CCC(C(=O)O)c2ccccc21. The largest absolute Gasteiger partial charge is 0.481 e. The van der Waals surface area contributed by atoms with Gasteiger partial charge in [0.05, 0.1) is 12.5 Å². The number of nitrogens with zero attached hydrogens (tertiary/aromatic N) is 1. The second-order valence-corrected chi connectivity index (χ2v) is 6.46. The number of hydrogen-bond acceptors (Lipinski definition) is 3. The van der Waals surface area contributed by atoms with Gasteiger partial charge in [0.1, 0.15) is 0 Å². The van der Waals surface area contributed by atoms with E-state index >= 15 is 0 Å². The highest BCUT2D eigenvalue weighted by molar-refractivity contribution is 5.85. The van der Waals surface area contributed by atoms with Gasteiger partial charge in [-0.25, -0.2) is 0 Å². The Morgan fingerprint density at radius 3 is 2.62 bits per heavy atom. The number of carboxylic acids is 1. The number of hydrogen-bond donors (Lipinski definition) is 2. The lowest BCUT2D eigenvalue weighted by molar-refractivity contribution is -0.139. The first-order valence-corrected chi connectivity index (χ1v) is 7.15. The van der Waals surface area contributed by atoms with Gasteiger partial charge in [-0.05, 0) is 38.8 Å². The number of anilines is 1. The van der Waals surface area contributed by atoms with Crippen LogP contribution in [-0.2, 0) is 9.59 Å². The summed E-state index contributed by atoms with van der Waals surface area (Å²) in [4.78, 5) is 25.4. The molecule has 2 rings (SSSR count). The molecule has 0 spiro atoms. The predicted molar refractivity (Wildman–Crippen MR) is 81.5 cm³/mol. The summed E-state index contributed by atoms with van der Waals surface area (Å²) in [5.41, 5.74) is 1.37. The number of para-hydroxylation sites is 1. The van der Waals surface area contributed by atoms with Crippen LogP contribution in [0.25, 0.3) is 0 Å². The molecule has 1 aliphatic rings. The van der Waals surface area contributed by atoms with Crippen LogP contribution in [0.4, 0.5) is 5.69 Å². The van der Waals surface area contributed by atoms with Crippen LogP contribution >= 0.6 is 0 Å². The van der Waals surface area contributed by atoms with Gasteiger partial charge in [0, 0.05) is 17.8 Å². The average Bonchev–Trinajstić information content (AvgIpc) is 2.36. The van der Waals surface area contributed by atoms with Gasteiger partial charge in [-0.3, -0.25) is 9.59 Å². The molecule has 0 saturated heterocycles.